The van der Waals surface area contributed by atoms with Gasteiger partial charge in [0, 0.05) is 23.5 Å². The minimum absolute atomic E-state index is 0.240. The third-order valence-electron chi connectivity index (χ3n) is 4.01. The summed E-state index contributed by atoms with van der Waals surface area (Å²) in [5, 5.41) is 0. The highest BCUT2D eigenvalue weighted by molar-refractivity contribution is 5.95. The maximum absolute atomic E-state index is 12.4. The monoisotopic (exact) mass is 311 g/mol. The van der Waals surface area contributed by atoms with Crippen LogP contribution < -0.4 is 0 Å². The van der Waals surface area contributed by atoms with Crippen LogP contribution in [0.1, 0.15) is 53.1 Å². The molecule has 3 heteroatoms. The normalized spacial score (nSPS) is 11.1. The van der Waals surface area contributed by atoms with E-state index >= 15 is 0 Å². The topological polar surface area (TPSA) is 31.2 Å². The molecule has 0 aliphatic rings. The predicted octanol–water partition coefficient (Wildman–Crippen LogP) is 4.75. The molecule has 2 rings (SSSR count). The number of carbonyl (C=O) groups excluding carboxylic acids is 1. The number of allylic oxidation sites excluding steroid dienone is 1. The molecule has 23 heavy (non-hydrogen) atoms. The Morgan fingerprint density at radius 2 is 1.83 bits per heavy atom. The molecule has 0 saturated heterocycles. The van der Waals surface area contributed by atoms with E-state index in [2.05, 4.69) is 36.6 Å². The summed E-state index contributed by atoms with van der Waals surface area (Å²) in [5.74, 6) is -0.240. The second kappa shape index (κ2) is 7.82. The van der Waals surface area contributed by atoms with Crippen molar-refractivity contribution in [1.29, 1.82) is 0 Å². The van der Waals surface area contributed by atoms with Crippen LogP contribution in [0.4, 0.5) is 0 Å². The Balaban J connectivity index is 2.51. The molecule has 0 amide bonds. The molecule has 0 saturated carbocycles. The Morgan fingerprint density at radius 3 is 2.43 bits per heavy atom. The van der Waals surface area contributed by atoms with Crippen molar-refractivity contribution in [3.63, 3.8) is 0 Å². The summed E-state index contributed by atoms with van der Waals surface area (Å²) in [4.78, 5) is 12.4. The number of esters is 1. The van der Waals surface area contributed by atoms with Gasteiger partial charge in [0.2, 0.25) is 0 Å². The van der Waals surface area contributed by atoms with Gasteiger partial charge in [0.25, 0.3) is 0 Å². The number of nitrogens with zero attached hydrogens (tertiary/aromatic N) is 1. The Hall–Kier alpha value is -2.29. The van der Waals surface area contributed by atoms with Crippen molar-refractivity contribution in [2.75, 3.05) is 6.61 Å². The molecular weight excluding hydrogens is 286 g/mol. The first-order valence-corrected chi connectivity index (χ1v) is 8.17. The third kappa shape index (κ3) is 3.73. The van der Waals surface area contributed by atoms with Gasteiger partial charge in [0.05, 0.1) is 12.2 Å². The van der Waals surface area contributed by atoms with Crippen molar-refractivity contribution in [1.82, 2.24) is 4.57 Å². The molecule has 0 unspecified atom stereocenters. The van der Waals surface area contributed by atoms with E-state index in [1.165, 1.54) is 5.56 Å². The lowest BCUT2D eigenvalue weighted by atomic mass is 10.1. The summed E-state index contributed by atoms with van der Waals surface area (Å²) in [6, 6.07) is 10.3. The summed E-state index contributed by atoms with van der Waals surface area (Å²) in [5.41, 5.74) is 4.93. The zero-order valence-electron chi connectivity index (χ0n) is 14.4. The fraction of sp³-hybridized carbons (Fsp3) is 0.350. The summed E-state index contributed by atoms with van der Waals surface area (Å²) >= 11 is 0. The molecule has 1 heterocycles. The molecule has 0 atom stereocenters. The van der Waals surface area contributed by atoms with Gasteiger partial charge < -0.3 is 9.30 Å². The highest BCUT2D eigenvalue weighted by atomic mass is 16.5. The molecule has 3 nitrogen and oxygen atoms in total. The van der Waals surface area contributed by atoms with Crippen LogP contribution >= 0.6 is 0 Å². The summed E-state index contributed by atoms with van der Waals surface area (Å²) in [7, 11) is 0. The number of ether oxygens (including phenoxy) is 1. The van der Waals surface area contributed by atoms with Crippen molar-refractivity contribution in [3.05, 3.63) is 64.5 Å². The van der Waals surface area contributed by atoms with Crippen LogP contribution in [0.25, 0.3) is 6.08 Å². The zero-order chi connectivity index (χ0) is 16.8. The lowest BCUT2D eigenvalue weighted by Crippen LogP contribution is -2.08. The average Bonchev–Trinajstić information content (AvgIpc) is 2.78. The van der Waals surface area contributed by atoms with Crippen LogP contribution in [0.3, 0.4) is 0 Å². The van der Waals surface area contributed by atoms with Crippen molar-refractivity contribution < 1.29 is 9.53 Å². The molecule has 0 fully saturated rings. The fourth-order valence-electron chi connectivity index (χ4n) is 2.81. The van der Waals surface area contributed by atoms with Gasteiger partial charge in [-0.25, -0.2) is 4.79 Å². The summed E-state index contributed by atoms with van der Waals surface area (Å²) in [6.07, 6.45) is 5.05. The van der Waals surface area contributed by atoms with Gasteiger partial charge in [-0.1, -0.05) is 49.4 Å². The van der Waals surface area contributed by atoms with Gasteiger partial charge in [0.15, 0.2) is 0 Å². The molecule has 0 bridgehead atoms. The fourth-order valence-corrected chi connectivity index (χ4v) is 2.81. The Kier molecular flexibility index (Phi) is 5.80. The van der Waals surface area contributed by atoms with E-state index in [0.29, 0.717) is 12.2 Å². The van der Waals surface area contributed by atoms with Crippen LogP contribution in [-0.4, -0.2) is 17.1 Å². The van der Waals surface area contributed by atoms with Crippen LogP contribution in [0.2, 0.25) is 0 Å². The van der Waals surface area contributed by atoms with E-state index < -0.39 is 0 Å². The molecule has 0 spiro atoms. The maximum atomic E-state index is 12.4. The minimum Gasteiger partial charge on any atom is -0.462 e. The SMILES string of the molecule is CC/C=C/c1c(C(=O)OCC)c(C)n(Cc2ccccc2)c1C. The van der Waals surface area contributed by atoms with Crippen molar-refractivity contribution in [2.24, 2.45) is 0 Å². The van der Waals surface area contributed by atoms with Crippen LogP contribution in [-0.2, 0) is 11.3 Å². The largest absolute Gasteiger partial charge is 0.462 e. The van der Waals surface area contributed by atoms with Crippen molar-refractivity contribution in [2.45, 2.75) is 40.7 Å². The molecule has 0 N–H and O–H groups in total. The van der Waals surface area contributed by atoms with E-state index in [-0.39, 0.29) is 5.97 Å². The minimum atomic E-state index is -0.240. The standard InChI is InChI=1S/C20H25NO2/c1-5-7-13-18-15(3)21(14-17-11-9-8-10-12-17)16(4)19(18)20(22)23-6-2/h7-13H,5-6,14H2,1-4H3/b13-7+. The molecule has 0 radical (unpaired) electrons. The molecule has 2 aromatic rings. The van der Waals surface area contributed by atoms with Gasteiger partial charge in [-0.15, -0.1) is 0 Å². The number of rotatable bonds is 6. The molecular formula is C20H25NO2. The molecule has 1 aromatic heterocycles. The molecule has 122 valence electrons. The van der Waals surface area contributed by atoms with Gasteiger partial charge >= 0.3 is 5.97 Å². The number of benzene rings is 1. The highest BCUT2D eigenvalue weighted by Crippen LogP contribution is 2.26. The van der Waals surface area contributed by atoms with Gasteiger partial charge in [0.1, 0.15) is 0 Å². The van der Waals surface area contributed by atoms with E-state index in [1.54, 1.807) is 0 Å². The smallest absolute Gasteiger partial charge is 0.340 e. The first kappa shape index (κ1) is 17.1. The zero-order valence-corrected chi connectivity index (χ0v) is 14.4. The van der Waals surface area contributed by atoms with Gasteiger partial charge in [-0.2, -0.15) is 0 Å². The summed E-state index contributed by atoms with van der Waals surface area (Å²) < 4.78 is 7.45. The van der Waals surface area contributed by atoms with Crippen molar-refractivity contribution in [3.8, 4) is 0 Å². The lowest BCUT2D eigenvalue weighted by molar-refractivity contribution is 0.0525. The Morgan fingerprint density at radius 1 is 1.13 bits per heavy atom. The van der Waals surface area contributed by atoms with E-state index in [0.717, 1.165) is 29.9 Å². The maximum Gasteiger partial charge on any atom is 0.340 e. The highest BCUT2D eigenvalue weighted by Gasteiger charge is 2.22. The molecule has 0 aliphatic heterocycles. The second-order valence-corrected chi connectivity index (χ2v) is 5.56. The van der Waals surface area contributed by atoms with Gasteiger partial charge in [-0.3, -0.25) is 0 Å². The second-order valence-electron chi connectivity index (χ2n) is 5.56. The van der Waals surface area contributed by atoms with Gasteiger partial charge in [-0.05, 0) is 32.8 Å². The van der Waals surface area contributed by atoms with E-state index in [9.17, 15) is 4.79 Å². The van der Waals surface area contributed by atoms with Crippen LogP contribution in [0, 0.1) is 13.8 Å². The number of hydrogen-bond acceptors (Lipinski definition) is 2. The van der Waals surface area contributed by atoms with E-state index in [4.69, 9.17) is 4.74 Å². The van der Waals surface area contributed by atoms with E-state index in [1.807, 2.05) is 38.1 Å². The molecule has 1 aromatic carbocycles. The Labute approximate surface area is 138 Å². The first-order chi connectivity index (χ1) is 11.1. The lowest BCUT2D eigenvalue weighted by Gasteiger charge is -2.10. The van der Waals surface area contributed by atoms with Crippen molar-refractivity contribution >= 4 is 12.0 Å². The third-order valence-corrected chi connectivity index (χ3v) is 4.01. The van der Waals surface area contributed by atoms with Crippen LogP contribution in [0.5, 0.6) is 0 Å². The quantitative estimate of drug-likeness (QED) is 0.721. The number of aromatic nitrogens is 1. The predicted molar refractivity (Wildman–Crippen MR) is 94.7 cm³/mol. The number of carbonyl (C=O) groups is 1. The van der Waals surface area contributed by atoms with Crippen LogP contribution in [0.15, 0.2) is 36.4 Å². The molecule has 0 aliphatic carbocycles. The Bertz CT molecular complexity index is 696. The number of hydrogen-bond donors (Lipinski definition) is 0. The average molecular weight is 311 g/mol. The summed E-state index contributed by atoms with van der Waals surface area (Å²) in [6.45, 7) is 9.12. The first-order valence-electron chi connectivity index (χ1n) is 8.17.